The lowest BCUT2D eigenvalue weighted by Gasteiger charge is -2.13. The van der Waals surface area contributed by atoms with Crippen LogP contribution >= 0.6 is 11.6 Å². The second-order valence-corrected chi connectivity index (χ2v) is 6.22. The fraction of sp³-hybridized carbons (Fsp3) is 0.300. The zero-order valence-corrected chi connectivity index (χ0v) is 15.3. The number of methoxy groups -OCH3 is 1. The Morgan fingerprint density at radius 3 is 2.76 bits per heavy atom. The van der Waals surface area contributed by atoms with Crippen LogP contribution in [0.25, 0.3) is 10.9 Å². The van der Waals surface area contributed by atoms with Crippen molar-refractivity contribution < 1.29 is 9.47 Å². The van der Waals surface area contributed by atoms with Crippen molar-refractivity contribution >= 4 is 22.5 Å². The van der Waals surface area contributed by atoms with Crippen LogP contribution in [-0.2, 0) is 13.0 Å². The van der Waals surface area contributed by atoms with Crippen molar-refractivity contribution in [2.45, 2.75) is 19.9 Å². The van der Waals surface area contributed by atoms with E-state index in [4.69, 9.17) is 21.1 Å². The molecule has 0 fully saturated rings. The molecule has 1 aromatic heterocycles. The molecule has 0 unspecified atom stereocenters. The number of aromatic nitrogens is 1. The number of aromatic amines is 1. The number of hydrogen-bond acceptors (Lipinski definition) is 3. The molecule has 3 rings (SSSR count). The predicted octanol–water partition coefficient (Wildman–Crippen LogP) is 4.56. The fourth-order valence-corrected chi connectivity index (χ4v) is 3.15. The van der Waals surface area contributed by atoms with E-state index in [1.807, 2.05) is 25.1 Å². The molecule has 0 bridgehead atoms. The molecule has 1 heterocycles. The third-order valence-electron chi connectivity index (χ3n) is 4.19. The first-order valence-electron chi connectivity index (χ1n) is 8.47. The smallest absolute Gasteiger partial charge is 0.162 e. The van der Waals surface area contributed by atoms with Gasteiger partial charge in [-0.3, -0.25) is 0 Å². The van der Waals surface area contributed by atoms with E-state index in [9.17, 15) is 0 Å². The molecule has 132 valence electrons. The van der Waals surface area contributed by atoms with E-state index in [1.165, 1.54) is 16.5 Å². The van der Waals surface area contributed by atoms with Crippen molar-refractivity contribution in [2.24, 2.45) is 0 Å². The lowest BCUT2D eigenvalue weighted by Crippen LogP contribution is -2.17. The van der Waals surface area contributed by atoms with E-state index in [1.54, 1.807) is 7.11 Å². The number of ether oxygens (including phenoxy) is 2. The summed E-state index contributed by atoms with van der Waals surface area (Å²) in [7, 11) is 1.64. The molecule has 4 nitrogen and oxygen atoms in total. The standard InChI is InChI=1S/C20H23ClN2O2/c1-3-25-20-11-17(21)15(10-19(20)24-2)12-22-9-8-14-13-23-18-7-5-4-6-16(14)18/h4-7,10-11,13,22-23H,3,8-9,12H2,1-2H3. The summed E-state index contributed by atoms with van der Waals surface area (Å²) in [5.41, 5.74) is 3.50. The van der Waals surface area contributed by atoms with E-state index in [2.05, 4.69) is 34.7 Å². The minimum Gasteiger partial charge on any atom is -0.493 e. The van der Waals surface area contributed by atoms with Crippen LogP contribution in [0, 0.1) is 0 Å². The largest absolute Gasteiger partial charge is 0.493 e. The quantitative estimate of drug-likeness (QED) is 0.580. The number of benzene rings is 2. The number of fused-ring (bicyclic) bond motifs is 1. The highest BCUT2D eigenvalue weighted by Gasteiger charge is 2.10. The second-order valence-electron chi connectivity index (χ2n) is 5.81. The summed E-state index contributed by atoms with van der Waals surface area (Å²) < 4.78 is 10.9. The molecule has 0 aliphatic rings. The Bertz CT molecular complexity index is 845. The number of nitrogens with one attached hydrogen (secondary N) is 2. The molecular formula is C20H23ClN2O2. The molecule has 0 saturated heterocycles. The van der Waals surface area contributed by atoms with E-state index < -0.39 is 0 Å². The molecule has 0 aliphatic carbocycles. The monoisotopic (exact) mass is 358 g/mol. The summed E-state index contributed by atoms with van der Waals surface area (Å²) in [6.07, 6.45) is 3.04. The van der Waals surface area contributed by atoms with Gasteiger partial charge in [0.05, 0.1) is 13.7 Å². The van der Waals surface area contributed by atoms with Gasteiger partial charge in [0.1, 0.15) is 0 Å². The summed E-state index contributed by atoms with van der Waals surface area (Å²) in [6, 6.07) is 12.1. The molecule has 0 atom stereocenters. The summed E-state index contributed by atoms with van der Waals surface area (Å²) >= 11 is 6.37. The van der Waals surface area contributed by atoms with E-state index >= 15 is 0 Å². The van der Waals surface area contributed by atoms with Gasteiger partial charge < -0.3 is 19.8 Å². The SMILES string of the molecule is CCOc1cc(Cl)c(CNCCc2c[nH]c3ccccc23)cc1OC. The molecule has 0 radical (unpaired) electrons. The Morgan fingerprint density at radius 1 is 1.12 bits per heavy atom. The number of halogens is 1. The Kier molecular flexibility index (Phi) is 5.84. The third-order valence-corrected chi connectivity index (χ3v) is 4.55. The van der Waals surface area contributed by atoms with Gasteiger partial charge in [-0.05, 0) is 43.1 Å². The summed E-state index contributed by atoms with van der Waals surface area (Å²) in [5.74, 6) is 1.39. The van der Waals surface area contributed by atoms with E-state index in [0.717, 1.165) is 18.5 Å². The summed E-state index contributed by atoms with van der Waals surface area (Å²) in [4.78, 5) is 3.31. The Hall–Kier alpha value is -2.17. The molecule has 5 heteroatoms. The topological polar surface area (TPSA) is 46.3 Å². The lowest BCUT2D eigenvalue weighted by molar-refractivity contribution is 0.310. The molecule has 2 N–H and O–H groups in total. The van der Waals surface area contributed by atoms with Gasteiger partial charge >= 0.3 is 0 Å². The number of H-pyrrole nitrogens is 1. The molecule has 0 aliphatic heterocycles. The zero-order valence-electron chi connectivity index (χ0n) is 14.6. The van der Waals surface area contributed by atoms with Gasteiger partial charge in [0.25, 0.3) is 0 Å². The van der Waals surface area contributed by atoms with E-state index in [-0.39, 0.29) is 0 Å². The lowest BCUT2D eigenvalue weighted by atomic mass is 10.1. The maximum absolute atomic E-state index is 6.37. The van der Waals surface area contributed by atoms with Gasteiger partial charge in [-0.2, -0.15) is 0 Å². The van der Waals surface area contributed by atoms with Crippen LogP contribution in [0.5, 0.6) is 11.5 Å². The Balaban J connectivity index is 1.60. The highest BCUT2D eigenvalue weighted by atomic mass is 35.5. The summed E-state index contributed by atoms with van der Waals surface area (Å²) in [5, 5.41) is 5.42. The average Bonchev–Trinajstić information content (AvgIpc) is 3.04. The predicted molar refractivity (Wildman–Crippen MR) is 103 cm³/mol. The fourth-order valence-electron chi connectivity index (χ4n) is 2.93. The summed E-state index contributed by atoms with van der Waals surface area (Å²) in [6.45, 7) is 4.07. The van der Waals surface area contributed by atoms with Gasteiger partial charge in [-0.15, -0.1) is 0 Å². The number of rotatable bonds is 8. The van der Waals surface area contributed by atoms with Crippen molar-refractivity contribution in [3.8, 4) is 11.5 Å². The molecule has 0 spiro atoms. The molecule has 3 aromatic rings. The van der Waals surface area contributed by atoms with Crippen molar-refractivity contribution in [1.82, 2.24) is 10.3 Å². The van der Waals surface area contributed by atoms with Crippen molar-refractivity contribution in [2.75, 3.05) is 20.3 Å². The van der Waals surface area contributed by atoms with Crippen molar-refractivity contribution in [3.05, 3.63) is 58.7 Å². The Morgan fingerprint density at radius 2 is 1.96 bits per heavy atom. The van der Waals surface area contributed by atoms with Gasteiger partial charge in [0.2, 0.25) is 0 Å². The molecule has 0 amide bonds. The zero-order chi connectivity index (χ0) is 17.6. The molecular weight excluding hydrogens is 336 g/mol. The third kappa shape index (κ3) is 4.09. The number of hydrogen-bond donors (Lipinski definition) is 2. The van der Waals surface area contributed by atoms with Gasteiger partial charge in [-0.25, -0.2) is 0 Å². The van der Waals surface area contributed by atoms with Crippen LogP contribution in [0.15, 0.2) is 42.6 Å². The molecule has 2 aromatic carbocycles. The molecule has 0 saturated carbocycles. The van der Waals surface area contributed by atoms with Gasteiger partial charge in [0, 0.05) is 34.7 Å². The van der Waals surface area contributed by atoms with Gasteiger partial charge in [-0.1, -0.05) is 29.8 Å². The number of para-hydroxylation sites is 1. The van der Waals surface area contributed by atoms with Crippen molar-refractivity contribution in [3.63, 3.8) is 0 Å². The Labute approximate surface area is 153 Å². The first-order chi connectivity index (χ1) is 12.2. The van der Waals surface area contributed by atoms with Crippen molar-refractivity contribution in [1.29, 1.82) is 0 Å². The van der Waals surface area contributed by atoms with Crippen LogP contribution in [0.4, 0.5) is 0 Å². The van der Waals surface area contributed by atoms with Crippen LogP contribution in [0.3, 0.4) is 0 Å². The first kappa shape index (κ1) is 17.6. The maximum Gasteiger partial charge on any atom is 0.162 e. The molecule has 25 heavy (non-hydrogen) atoms. The second kappa shape index (κ2) is 8.28. The maximum atomic E-state index is 6.37. The normalized spacial score (nSPS) is 11.0. The van der Waals surface area contributed by atoms with Gasteiger partial charge in [0.15, 0.2) is 11.5 Å². The van der Waals surface area contributed by atoms with Crippen LogP contribution in [0.2, 0.25) is 5.02 Å². The van der Waals surface area contributed by atoms with Crippen LogP contribution in [-0.4, -0.2) is 25.2 Å². The minimum atomic E-state index is 0.578. The highest BCUT2D eigenvalue weighted by molar-refractivity contribution is 6.31. The van der Waals surface area contributed by atoms with Crippen LogP contribution < -0.4 is 14.8 Å². The van der Waals surface area contributed by atoms with E-state index in [0.29, 0.717) is 29.7 Å². The van der Waals surface area contributed by atoms with Crippen LogP contribution in [0.1, 0.15) is 18.1 Å². The minimum absolute atomic E-state index is 0.578. The first-order valence-corrected chi connectivity index (χ1v) is 8.85. The highest BCUT2D eigenvalue weighted by Crippen LogP contribution is 2.33. The average molecular weight is 359 g/mol.